The molecule has 1 aromatic rings. The Labute approximate surface area is 127 Å². The first-order valence-corrected chi connectivity index (χ1v) is 8.18. The molecular weight excluding hydrogens is 260 g/mol. The van der Waals surface area contributed by atoms with E-state index in [1.54, 1.807) is 0 Å². The minimum Gasteiger partial charge on any atom is -0.335 e. The third kappa shape index (κ3) is 2.92. The van der Waals surface area contributed by atoms with Crippen LogP contribution in [0.25, 0.3) is 0 Å². The number of amides is 2. The minimum absolute atomic E-state index is 0.0704. The van der Waals surface area contributed by atoms with Gasteiger partial charge in [-0.2, -0.15) is 0 Å². The number of urea groups is 1. The molecule has 2 amide bonds. The minimum atomic E-state index is -0.0704. The Morgan fingerprint density at radius 3 is 2.71 bits per heavy atom. The zero-order chi connectivity index (χ0) is 15.0. The second kappa shape index (κ2) is 5.70. The summed E-state index contributed by atoms with van der Waals surface area (Å²) in [4.78, 5) is 12.2. The summed E-state index contributed by atoms with van der Waals surface area (Å²) >= 11 is 0. The standard InChI is InChI=1S/C18H26N2O/c1-11-5-4-6-17(12(11)2)20-18(21)19-13(3)16-10-14-7-8-15(16)9-14/h4-6,13-16H,7-10H2,1-3H3,(H2,19,20,21)/t13-,14-,15-,16+/m0/s1. The SMILES string of the molecule is Cc1cccc(NC(=O)N[C@@H](C)[C@H]2C[C@H]3CC[C@H]2C3)c1C. The molecule has 0 saturated heterocycles. The Morgan fingerprint density at radius 1 is 1.24 bits per heavy atom. The van der Waals surface area contributed by atoms with Crippen molar-refractivity contribution in [3.63, 3.8) is 0 Å². The fourth-order valence-corrected chi connectivity index (χ4v) is 4.27. The number of fused-ring (bicyclic) bond motifs is 2. The Kier molecular flexibility index (Phi) is 3.92. The molecule has 21 heavy (non-hydrogen) atoms. The normalized spacial score (nSPS) is 28.4. The summed E-state index contributed by atoms with van der Waals surface area (Å²) in [6.45, 7) is 6.27. The van der Waals surface area contributed by atoms with Crippen molar-refractivity contribution in [1.29, 1.82) is 0 Å². The number of benzene rings is 1. The molecule has 3 heteroatoms. The first kappa shape index (κ1) is 14.4. The van der Waals surface area contributed by atoms with Gasteiger partial charge in [0.15, 0.2) is 0 Å². The Balaban J connectivity index is 1.58. The lowest BCUT2D eigenvalue weighted by Gasteiger charge is -2.28. The van der Waals surface area contributed by atoms with E-state index in [9.17, 15) is 4.79 Å². The van der Waals surface area contributed by atoms with E-state index in [0.717, 1.165) is 23.1 Å². The van der Waals surface area contributed by atoms with Crippen LogP contribution in [0.1, 0.15) is 43.7 Å². The third-order valence-corrected chi connectivity index (χ3v) is 5.65. The zero-order valence-electron chi connectivity index (χ0n) is 13.3. The van der Waals surface area contributed by atoms with Crippen LogP contribution in [-0.4, -0.2) is 12.1 Å². The molecule has 3 nitrogen and oxygen atoms in total. The summed E-state index contributed by atoms with van der Waals surface area (Å²) in [5, 5.41) is 6.15. The summed E-state index contributed by atoms with van der Waals surface area (Å²) in [7, 11) is 0. The highest BCUT2D eigenvalue weighted by Crippen LogP contribution is 2.49. The van der Waals surface area contributed by atoms with E-state index < -0.39 is 0 Å². The van der Waals surface area contributed by atoms with Crippen LogP contribution in [0.15, 0.2) is 18.2 Å². The van der Waals surface area contributed by atoms with Crippen molar-refractivity contribution in [1.82, 2.24) is 5.32 Å². The molecule has 0 unspecified atom stereocenters. The van der Waals surface area contributed by atoms with Crippen molar-refractivity contribution in [2.75, 3.05) is 5.32 Å². The second-order valence-corrected chi connectivity index (χ2v) is 6.97. The van der Waals surface area contributed by atoms with Crippen LogP contribution in [-0.2, 0) is 0 Å². The number of carbonyl (C=O) groups excluding carboxylic acids is 1. The van der Waals surface area contributed by atoms with Gasteiger partial charge in [0.05, 0.1) is 0 Å². The van der Waals surface area contributed by atoms with Crippen LogP contribution in [0.3, 0.4) is 0 Å². The number of anilines is 1. The summed E-state index contributed by atoms with van der Waals surface area (Å²) < 4.78 is 0. The number of hydrogen-bond acceptors (Lipinski definition) is 1. The monoisotopic (exact) mass is 286 g/mol. The topological polar surface area (TPSA) is 41.1 Å². The maximum Gasteiger partial charge on any atom is 0.319 e. The van der Waals surface area contributed by atoms with Gasteiger partial charge in [-0.15, -0.1) is 0 Å². The average Bonchev–Trinajstić information content (AvgIpc) is 3.06. The molecule has 114 valence electrons. The maximum absolute atomic E-state index is 12.2. The van der Waals surface area contributed by atoms with Gasteiger partial charge in [0.1, 0.15) is 0 Å². The molecule has 0 radical (unpaired) electrons. The molecule has 0 spiro atoms. The molecule has 4 atom stereocenters. The number of nitrogens with one attached hydrogen (secondary N) is 2. The molecule has 2 bridgehead atoms. The molecule has 2 saturated carbocycles. The van der Waals surface area contributed by atoms with Crippen LogP contribution in [0.2, 0.25) is 0 Å². The van der Waals surface area contributed by atoms with E-state index in [1.165, 1.54) is 31.2 Å². The highest BCUT2D eigenvalue weighted by Gasteiger charge is 2.42. The molecule has 1 aromatic carbocycles. The molecule has 0 aromatic heterocycles. The lowest BCUT2D eigenvalue weighted by molar-refractivity contribution is 0.230. The van der Waals surface area contributed by atoms with E-state index >= 15 is 0 Å². The quantitative estimate of drug-likeness (QED) is 0.857. The Bertz CT molecular complexity index is 540. The van der Waals surface area contributed by atoms with Gasteiger partial charge in [-0.1, -0.05) is 18.6 Å². The molecule has 0 heterocycles. The molecule has 0 aliphatic heterocycles. The molecular formula is C18H26N2O. The lowest BCUT2D eigenvalue weighted by Crippen LogP contribution is -2.42. The maximum atomic E-state index is 12.2. The van der Waals surface area contributed by atoms with Gasteiger partial charge in [-0.3, -0.25) is 0 Å². The van der Waals surface area contributed by atoms with Gasteiger partial charge in [-0.25, -0.2) is 4.79 Å². The predicted molar refractivity (Wildman–Crippen MR) is 86.5 cm³/mol. The van der Waals surface area contributed by atoms with Crippen molar-refractivity contribution in [2.24, 2.45) is 17.8 Å². The fourth-order valence-electron chi connectivity index (χ4n) is 4.27. The van der Waals surface area contributed by atoms with E-state index in [-0.39, 0.29) is 12.1 Å². The first-order valence-electron chi connectivity index (χ1n) is 8.18. The van der Waals surface area contributed by atoms with E-state index in [4.69, 9.17) is 0 Å². The summed E-state index contributed by atoms with van der Waals surface area (Å²) in [6, 6.07) is 6.21. The van der Waals surface area contributed by atoms with Crippen LogP contribution in [0.4, 0.5) is 10.5 Å². The van der Waals surface area contributed by atoms with Crippen molar-refractivity contribution >= 4 is 11.7 Å². The Morgan fingerprint density at radius 2 is 2.05 bits per heavy atom. The van der Waals surface area contributed by atoms with Crippen molar-refractivity contribution < 1.29 is 4.79 Å². The van der Waals surface area contributed by atoms with Gasteiger partial charge >= 0.3 is 6.03 Å². The highest BCUT2D eigenvalue weighted by atomic mass is 16.2. The zero-order valence-corrected chi connectivity index (χ0v) is 13.3. The largest absolute Gasteiger partial charge is 0.335 e. The second-order valence-electron chi connectivity index (χ2n) is 6.97. The van der Waals surface area contributed by atoms with Gasteiger partial charge < -0.3 is 10.6 Å². The lowest BCUT2D eigenvalue weighted by atomic mass is 9.84. The number of carbonyl (C=O) groups is 1. The van der Waals surface area contributed by atoms with Crippen molar-refractivity contribution in [2.45, 2.75) is 52.5 Å². The van der Waals surface area contributed by atoms with Crippen LogP contribution < -0.4 is 10.6 Å². The first-order chi connectivity index (χ1) is 10.0. The van der Waals surface area contributed by atoms with E-state index in [0.29, 0.717) is 5.92 Å². The van der Waals surface area contributed by atoms with Crippen LogP contribution in [0, 0.1) is 31.6 Å². The van der Waals surface area contributed by atoms with E-state index in [2.05, 4.69) is 30.5 Å². The average molecular weight is 286 g/mol. The molecule has 3 rings (SSSR count). The number of rotatable bonds is 3. The van der Waals surface area contributed by atoms with E-state index in [1.807, 2.05) is 19.1 Å². The van der Waals surface area contributed by atoms with Crippen molar-refractivity contribution in [3.05, 3.63) is 29.3 Å². The summed E-state index contributed by atoms with van der Waals surface area (Å²) in [5.74, 6) is 2.44. The molecule has 2 aliphatic rings. The predicted octanol–water partition coefficient (Wildman–Crippen LogP) is 4.25. The number of hydrogen-bond donors (Lipinski definition) is 2. The summed E-state index contributed by atoms with van der Waals surface area (Å²) in [6.07, 6.45) is 5.45. The van der Waals surface area contributed by atoms with Gasteiger partial charge in [0.2, 0.25) is 0 Å². The van der Waals surface area contributed by atoms with Gasteiger partial charge in [0, 0.05) is 11.7 Å². The highest BCUT2D eigenvalue weighted by molar-refractivity contribution is 5.90. The fraction of sp³-hybridized carbons (Fsp3) is 0.611. The van der Waals surface area contributed by atoms with Gasteiger partial charge in [0.25, 0.3) is 0 Å². The molecule has 2 aliphatic carbocycles. The third-order valence-electron chi connectivity index (χ3n) is 5.65. The van der Waals surface area contributed by atoms with Crippen molar-refractivity contribution in [3.8, 4) is 0 Å². The number of aryl methyl sites for hydroxylation is 1. The molecule has 2 N–H and O–H groups in total. The van der Waals surface area contributed by atoms with Crippen LogP contribution in [0.5, 0.6) is 0 Å². The summed E-state index contributed by atoms with van der Waals surface area (Å²) in [5.41, 5.74) is 3.25. The van der Waals surface area contributed by atoms with Crippen LogP contribution >= 0.6 is 0 Å². The molecule has 2 fully saturated rings. The smallest absolute Gasteiger partial charge is 0.319 e. The Hall–Kier alpha value is -1.51. The van der Waals surface area contributed by atoms with Gasteiger partial charge in [-0.05, 0) is 75.0 Å².